The van der Waals surface area contributed by atoms with Crippen LogP contribution in [0, 0.1) is 5.92 Å². The highest BCUT2D eigenvalue weighted by Gasteiger charge is 2.34. The number of aromatic nitrogens is 4. The van der Waals surface area contributed by atoms with Crippen molar-refractivity contribution >= 4 is 11.8 Å². The number of fused-ring (bicyclic) bond motifs is 4. The molecular weight excluding hydrogens is 384 g/mol. The molecule has 2 bridgehead atoms. The van der Waals surface area contributed by atoms with Crippen molar-refractivity contribution in [2.45, 2.75) is 38.4 Å². The van der Waals surface area contributed by atoms with Crippen molar-refractivity contribution in [2.24, 2.45) is 13.0 Å². The van der Waals surface area contributed by atoms with Crippen LogP contribution in [0.1, 0.15) is 35.8 Å². The Morgan fingerprint density at radius 1 is 1.24 bits per heavy atom. The van der Waals surface area contributed by atoms with E-state index < -0.39 is 0 Å². The first-order chi connectivity index (χ1) is 14.0. The molecule has 0 N–H and O–H groups in total. The third kappa shape index (κ3) is 4.59. The normalized spacial score (nSPS) is 21.5. The van der Waals surface area contributed by atoms with Gasteiger partial charge in [0.05, 0.1) is 6.54 Å². The third-order valence-electron chi connectivity index (χ3n) is 6.24. The Morgan fingerprint density at radius 3 is 2.86 bits per heavy atom. The van der Waals surface area contributed by atoms with E-state index >= 15 is 0 Å². The first kappa shape index (κ1) is 20.6. The summed E-state index contributed by atoms with van der Waals surface area (Å²) in [7, 11) is 3.97. The summed E-state index contributed by atoms with van der Waals surface area (Å²) in [6.07, 6.45) is 6.37. The van der Waals surface area contributed by atoms with Gasteiger partial charge in [0, 0.05) is 50.4 Å². The second-order valence-electron chi connectivity index (χ2n) is 8.63. The number of nitrogens with zero attached hydrogens (tertiary/aromatic N) is 6. The van der Waals surface area contributed by atoms with Crippen LogP contribution in [0.4, 0.5) is 0 Å². The molecule has 2 aromatic heterocycles. The average Bonchev–Trinajstić information content (AvgIpc) is 3.09. The van der Waals surface area contributed by atoms with Gasteiger partial charge < -0.3 is 14.0 Å². The maximum absolute atomic E-state index is 13.2. The van der Waals surface area contributed by atoms with Gasteiger partial charge in [0.25, 0.3) is 5.56 Å². The summed E-state index contributed by atoms with van der Waals surface area (Å²) >= 11 is 1.93. The lowest BCUT2D eigenvalue weighted by Crippen LogP contribution is -2.47. The highest BCUT2D eigenvalue weighted by atomic mass is 32.2. The van der Waals surface area contributed by atoms with Gasteiger partial charge in [-0.15, -0.1) is 10.2 Å². The van der Waals surface area contributed by atoms with E-state index in [0.29, 0.717) is 24.9 Å². The number of hydrogen-bond acceptors (Lipinski definition) is 6. The van der Waals surface area contributed by atoms with Crippen molar-refractivity contribution in [3.63, 3.8) is 0 Å². The topological polar surface area (TPSA) is 59.2 Å². The molecule has 0 radical (unpaired) electrons. The summed E-state index contributed by atoms with van der Waals surface area (Å²) < 4.78 is 3.99. The summed E-state index contributed by atoms with van der Waals surface area (Å²) in [4.78, 5) is 18.0. The summed E-state index contributed by atoms with van der Waals surface area (Å²) in [5, 5.41) is 8.08. The van der Waals surface area contributed by atoms with Crippen LogP contribution in [0.2, 0.25) is 0 Å². The third-order valence-corrected chi connectivity index (χ3v) is 6.94. The highest BCUT2D eigenvalue weighted by Crippen LogP contribution is 2.35. The summed E-state index contributed by atoms with van der Waals surface area (Å²) in [6.45, 7) is 5.58. The largest absolute Gasteiger partial charge is 0.320 e. The Hall–Kier alpha value is -1.64. The smallest absolute Gasteiger partial charge is 0.255 e. The van der Waals surface area contributed by atoms with Crippen LogP contribution >= 0.6 is 11.8 Å². The van der Waals surface area contributed by atoms with Crippen molar-refractivity contribution < 1.29 is 0 Å². The summed E-state index contributed by atoms with van der Waals surface area (Å²) in [5.74, 6) is 3.23. The van der Waals surface area contributed by atoms with E-state index in [0.717, 1.165) is 31.0 Å². The maximum Gasteiger partial charge on any atom is 0.255 e. The van der Waals surface area contributed by atoms with Crippen molar-refractivity contribution in [3.8, 4) is 0 Å². The monoisotopic (exact) mass is 416 g/mol. The zero-order chi connectivity index (χ0) is 20.4. The zero-order valence-corrected chi connectivity index (χ0v) is 18.6. The Kier molecular flexibility index (Phi) is 6.41. The lowest BCUT2D eigenvalue weighted by atomic mass is 9.83. The molecule has 0 amide bonds. The number of hydrogen-bond donors (Lipinski definition) is 0. The van der Waals surface area contributed by atoms with Crippen LogP contribution in [-0.4, -0.2) is 67.8 Å². The summed E-state index contributed by atoms with van der Waals surface area (Å²) in [6, 6.07) is 4.26. The Bertz CT molecular complexity index is 894. The van der Waals surface area contributed by atoms with Gasteiger partial charge in [-0.1, -0.05) is 6.07 Å². The quantitative estimate of drug-likeness (QED) is 0.612. The maximum atomic E-state index is 13.2. The fourth-order valence-electron chi connectivity index (χ4n) is 4.86. The molecule has 7 nitrogen and oxygen atoms in total. The van der Waals surface area contributed by atoms with Gasteiger partial charge in [0.1, 0.15) is 12.2 Å². The second-order valence-corrected chi connectivity index (χ2v) is 9.62. The van der Waals surface area contributed by atoms with Gasteiger partial charge in [0.2, 0.25) is 0 Å². The Labute approximate surface area is 177 Å². The van der Waals surface area contributed by atoms with Crippen LogP contribution in [0.15, 0.2) is 23.3 Å². The van der Waals surface area contributed by atoms with E-state index in [4.69, 9.17) is 0 Å². The molecule has 2 aromatic rings. The molecule has 0 saturated carbocycles. The molecule has 8 heteroatoms. The van der Waals surface area contributed by atoms with E-state index in [9.17, 15) is 4.79 Å². The van der Waals surface area contributed by atoms with E-state index in [1.54, 1.807) is 6.33 Å². The molecule has 4 rings (SSSR count). The van der Waals surface area contributed by atoms with Gasteiger partial charge in [-0.3, -0.25) is 9.69 Å². The molecule has 0 spiro atoms. The van der Waals surface area contributed by atoms with Gasteiger partial charge in [-0.2, -0.15) is 11.8 Å². The number of likely N-dealkylation sites (tertiary alicyclic amines) is 1. The van der Waals surface area contributed by atoms with E-state index in [-0.39, 0.29) is 5.56 Å². The van der Waals surface area contributed by atoms with E-state index in [2.05, 4.69) is 36.9 Å². The molecule has 1 fully saturated rings. The van der Waals surface area contributed by atoms with Gasteiger partial charge in [-0.05, 0) is 50.4 Å². The van der Waals surface area contributed by atoms with Crippen LogP contribution in [0.25, 0.3) is 0 Å². The van der Waals surface area contributed by atoms with Gasteiger partial charge >= 0.3 is 0 Å². The van der Waals surface area contributed by atoms with Crippen molar-refractivity contribution in [3.05, 3.63) is 45.9 Å². The Balaban J connectivity index is 1.46. The zero-order valence-electron chi connectivity index (χ0n) is 17.8. The van der Waals surface area contributed by atoms with Crippen molar-refractivity contribution in [1.82, 2.24) is 29.1 Å². The molecule has 1 saturated heterocycles. The van der Waals surface area contributed by atoms with Crippen LogP contribution in [0.3, 0.4) is 0 Å². The van der Waals surface area contributed by atoms with Crippen LogP contribution in [0.5, 0.6) is 0 Å². The van der Waals surface area contributed by atoms with Crippen LogP contribution < -0.4 is 5.56 Å². The average molecular weight is 417 g/mol. The molecule has 2 atom stereocenters. The minimum atomic E-state index is 0.192. The van der Waals surface area contributed by atoms with Gasteiger partial charge in [0.15, 0.2) is 0 Å². The number of pyridine rings is 1. The van der Waals surface area contributed by atoms with E-state index in [1.807, 2.05) is 36.5 Å². The fraction of sp³-hybridized carbons (Fsp3) is 0.667. The predicted molar refractivity (Wildman–Crippen MR) is 117 cm³/mol. The lowest BCUT2D eigenvalue weighted by Gasteiger charge is -2.43. The van der Waals surface area contributed by atoms with Crippen molar-refractivity contribution in [1.29, 1.82) is 0 Å². The SMILES string of the molecule is CSCCCN1C[C@@H]2C[C@H](C1)c1ccc(CN(C)Cc3nncn3C)c(=O)n1C2. The molecule has 29 heavy (non-hydrogen) atoms. The second kappa shape index (κ2) is 9.02. The number of aryl methyl sites for hydroxylation is 1. The minimum Gasteiger partial charge on any atom is -0.320 e. The van der Waals surface area contributed by atoms with E-state index in [1.165, 1.54) is 30.8 Å². The number of thioether (sulfide) groups is 1. The highest BCUT2D eigenvalue weighted by molar-refractivity contribution is 7.98. The summed E-state index contributed by atoms with van der Waals surface area (Å²) in [5.41, 5.74) is 2.30. The molecule has 0 aliphatic carbocycles. The Morgan fingerprint density at radius 2 is 2.10 bits per heavy atom. The van der Waals surface area contributed by atoms with Gasteiger partial charge in [-0.25, -0.2) is 0 Å². The standard InChI is InChI=1S/C21H32N6OS/c1-24(14-20-23-22-15-25(20)2)12-17-5-6-19-18-9-16(11-27(19)21(17)28)10-26(13-18)7-4-8-29-3/h5-6,15-16,18H,4,7-14H2,1-3H3/t16-,18+/m0/s1. The molecular formula is C21H32N6OS. The molecule has 2 aliphatic heterocycles. The molecule has 0 unspecified atom stereocenters. The first-order valence-corrected chi connectivity index (χ1v) is 11.9. The molecule has 2 aliphatic rings. The fourth-order valence-corrected chi connectivity index (χ4v) is 5.28. The van der Waals surface area contributed by atoms with Crippen LogP contribution in [-0.2, 0) is 26.7 Å². The number of piperidine rings is 1. The number of rotatable bonds is 8. The first-order valence-electron chi connectivity index (χ1n) is 10.5. The molecule has 0 aromatic carbocycles. The molecule has 4 heterocycles. The van der Waals surface area contributed by atoms with Crippen molar-refractivity contribution in [2.75, 3.05) is 38.7 Å². The lowest BCUT2D eigenvalue weighted by molar-refractivity contribution is 0.120. The minimum absolute atomic E-state index is 0.192. The molecule has 158 valence electrons. The predicted octanol–water partition coefficient (Wildman–Crippen LogP) is 1.78.